The summed E-state index contributed by atoms with van der Waals surface area (Å²) in [5, 5.41) is 15.2. The normalized spacial score (nSPS) is 11.9. The Kier molecular flexibility index (Phi) is 4.78. The topological polar surface area (TPSA) is 70.6 Å². The van der Waals surface area contributed by atoms with Crippen molar-refractivity contribution in [1.29, 1.82) is 0 Å². The fraction of sp³-hybridized carbons (Fsp3) is 0.417. The van der Waals surface area contributed by atoms with E-state index in [4.69, 9.17) is 4.74 Å². The Morgan fingerprint density at radius 2 is 2.24 bits per heavy atom. The van der Waals surface area contributed by atoms with E-state index in [1.807, 2.05) is 0 Å². The third kappa shape index (κ3) is 3.64. The summed E-state index contributed by atoms with van der Waals surface area (Å²) in [7, 11) is 3.15. The molecule has 1 amide bonds. The molecular weight excluding hydrogens is 220 g/mol. The zero-order chi connectivity index (χ0) is 12.8. The van der Waals surface area contributed by atoms with Crippen molar-refractivity contribution in [2.75, 3.05) is 14.2 Å². The molecule has 0 aliphatic carbocycles. The first kappa shape index (κ1) is 13.3. The molecule has 1 rings (SSSR count). The fourth-order valence-corrected chi connectivity index (χ4v) is 1.40. The Balaban J connectivity index is 2.65. The average molecular weight is 238 g/mol. The summed E-state index contributed by atoms with van der Waals surface area (Å²) < 4.78 is 5.07. The Labute approximate surface area is 101 Å². The van der Waals surface area contributed by atoms with Crippen molar-refractivity contribution in [3.05, 3.63) is 23.8 Å². The van der Waals surface area contributed by atoms with Gasteiger partial charge in [0.15, 0.2) is 0 Å². The van der Waals surface area contributed by atoms with Crippen LogP contribution in [0.5, 0.6) is 11.5 Å². The van der Waals surface area contributed by atoms with Crippen molar-refractivity contribution in [1.82, 2.24) is 10.6 Å². The number of amides is 1. The van der Waals surface area contributed by atoms with Crippen LogP contribution >= 0.6 is 0 Å². The Morgan fingerprint density at radius 1 is 1.53 bits per heavy atom. The van der Waals surface area contributed by atoms with Gasteiger partial charge in [0.05, 0.1) is 13.2 Å². The van der Waals surface area contributed by atoms with Gasteiger partial charge >= 0.3 is 0 Å². The second-order valence-electron chi connectivity index (χ2n) is 3.71. The average Bonchev–Trinajstić information content (AvgIpc) is 2.36. The second-order valence-corrected chi connectivity index (χ2v) is 3.71. The third-order valence-electron chi connectivity index (χ3n) is 2.53. The van der Waals surface area contributed by atoms with E-state index in [9.17, 15) is 9.90 Å². The number of hydrogen-bond acceptors (Lipinski definition) is 4. The second kappa shape index (κ2) is 6.10. The SMILES string of the molecule is CNC(=O)C(C)NCc1cc(OC)ccc1O. The number of rotatable bonds is 5. The number of aromatic hydroxyl groups is 1. The van der Waals surface area contributed by atoms with E-state index in [1.54, 1.807) is 39.3 Å². The summed E-state index contributed by atoms with van der Waals surface area (Å²) in [4.78, 5) is 11.3. The van der Waals surface area contributed by atoms with Crippen molar-refractivity contribution < 1.29 is 14.6 Å². The number of phenolic OH excluding ortho intramolecular Hbond substituents is 1. The molecule has 0 saturated carbocycles. The number of benzene rings is 1. The monoisotopic (exact) mass is 238 g/mol. The maximum absolute atomic E-state index is 11.3. The van der Waals surface area contributed by atoms with Gasteiger partial charge in [0.2, 0.25) is 5.91 Å². The molecule has 1 aromatic carbocycles. The van der Waals surface area contributed by atoms with E-state index in [0.717, 1.165) is 0 Å². The van der Waals surface area contributed by atoms with E-state index < -0.39 is 0 Å². The molecule has 0 aliphatic rings. The zero-order valence-electron chi connectivity index (χ0n) is 10.3. The molecule has 3 N–H and O–H groups in total. The number of methoxy groups -OCH3 is 1. The molecule has 1 aromatic rings. The van der Waals surface area contributed by atoms with Crippen molar-refractivity contribution in [2.45, 2.75) is 19.5 Å². The van der Waals surface area contributed by atoms with Gasteiger partial charge < -0.3 is 20.5 Å². The van der Waals surface area contributed by atoms with Gasteiger partial charge in [-0.1, -0.05) is 0 Å². The molecule has 0 fully saturated rings. The van der Waals surface area contributed by atoms with E-state index in [2.05, 4.69) is 10.6 Å². The minimum absolute atomic E-state index is 0.0904. The molecule has 5 heteroatoms. The summed E-state index contributed by atoms with van der Waals surface area (Å²) in [5.41, 5.74) is 0.695. The number of ether oxygens (including phenoxy) is 1. The fourth-order valence-electron chi connectivity index (χ4n) is 1.40. The van der Waals surface area contributed by atoms with Crippen molar-refractivity contribution in [2.24, 2.45) is 0 Å². The number of carbonyl (C=O) groups is 1. The van der Waals surface area contributed by atoms with E-state index in [0.29, 0.717) is 17.9 Å². The van der Waals surface area contributed by atoms with Crippen LogP contribution in [0, 0.1) is 0 Å². The number of hydrogen-bond donors (Lipinski definition) is 3. The van der Waals surface area contributed by atoms with Crippen LogP contribution in [0.25, 0.3) is 0 Å². The standard InChI is InChI=1S/C12H18N2O3/c1-8(12(16)13-2)14-7-9-6-10(17-3)4-5-11(9)15/h4-6,8,14-15H,7H2,1-3H3,(H,13,16). The van der Waals surface area contributed by atoms with E-state index in [1.165, 1.54) is 0 Å². The van der Waals surface area contributed by atoms with E-state index >= 15 is 0 Å². The van der Waals surface area contributed by atoms with Gasteiger partial charge in [-0.3, -0.25) is 4.79 Å². The minimum Gasteiger partial charge on any atom is -0.508 e. The highest BCUT2D eigenvalue weighted by Crippen LogP contribution is 2.22. The van der Waals surface area contributed by atoms with Crippen LogP contribution in [-0.2, 0) is 11.3 Å². The number of phenols is 1. The van der Waals surface area contributed by atoms with Crippen LogP contribution in [0.1, 0.15) is 12.5 Å². The number of carbonyl (C=O) groups excluding carboxylic acids is 1. The first-order chi connectivity index (χ1) is 8.08. The molecule has 0 aliphatic heterocycles. The van der Waals surface area contributed by atoms with Gasteiger partial charge in [-0.25, -0.2) is 0 Å². The highest BCUT2D eigenvalue weighted by molar-refractivity contribution is 5.80. The molecular formula is C12H18N2O3. The van der Waals surface area contributed by atoms with E-state index in [-0.39, 0.29) is 17.7 Å². The predicted molar refractivity (Wildman–Crippen MR) is 65.0 cm³/mol. The minimum atomic E-state index is -0.314. The molecule has 0 saturated heterocycles. The van der Waals surface area contributed by atoms with Crippen LogP contribution in [-0.4, -0.2) is 31.2 Å². The summed E-state index contributed by atoms with van der Waals surface area (Å²) in [6.07, 6.45) is 0. The zero-order valence-corrected chi connectivity index (χ0v) is 10.3. The van der Waals surface area contributed by atoms with Crippen molar-refractivity contribution in [3.63, 3.8) is 0 Å². The maximum atomic E-state index is 11.3. The third-order valence-corrected chi connectivity index (χ3v) is 2.53. The number of nitrogens with one attached hydrogen (secondary N) is 2. The molecule has 0 aromatic heterocycles. The Morgan fingerprint density at radius 3 is 2.82 bits per heavy atom. The van der Waals surface area contributed by atoms with Crippen LogP contribution in [0.15, 0.2) is 18.2 Å². The Bertz CT molecular complexity index is 393. The highest BCUT2D eigenvalue weighted by Gasteiger charge is 2.11. The molecule has 0 radical (unpaired) electrons. The lowest BCUT2D eigenvalue weighted by atomic mass is 10.1. The lowest BCUT2D eigenvalue weighted by molar-refractivity contribution is -0.122. The van der Waals surface area contributed by atoms with Gasteiger partial charge in [0.25, 0.3) is 0 Å². The van der Waals surface area contributed by atoms with Gasteiger partial charge in [0, 0.05) is 19.2 Å². The molecule has 1 atom stereocenters. The lowest BCUT2D eigenvalue weighted by Gasteiger charge is -2.13. The maximum Gasteiger partial charge on any atom is 0.236 e. The molecule has 0 bridgehead atoms. The molecule has 0 spiro atoms. The van der Waals surface area contributed by atoms with Crippen LogP contribution in [0.4, 0.5) is 0 Å². The summed E-state index contributed by atoms with van der Waals surface area (Å²) in [5.74, 6) is 0.766. The van der Waals surface area contributed by atoms with Crippen molar-refractivity contribution in [3.8, 4) is 11.5 Å². The summed E-state index contributed by atoms with van der Waals surface area (Å²) >= 11 is 0. The smallest absolute Gasteiger partial charge is 0.236 e. The summed E-state index contributed by atoms with van der Waals surface area (Å²) in [6, 6.07) is 4.67. The highest BCUT2D eigenvalue weighted by atomic mass is 16.5. The summed E-state index contributed by atoms with van der Waals surface area (Å²) in [6.45, 7) is 2.16. The van der Waals surface area contributed by atoms with Crippen LogP contribution in [0.3, 0.4) is 0 Å². The van der Waals surface area contributed by atoms with Gasteiger partial charge in [-0.15, -0.1) is 0 Å². The quantitative estimate of drug-likeness (QED) is 0.703. The van der Waals surface area contributed by atoms with Crippen LogP contribution < -0.4 is 15.4 Å². The molecule has 94 valence electrons. The van der Waals surface area contributed by atoms with Gasteiger partial charge in [-0.2, -0.15) is 0 Å². The largest absolute Gasteiger partial charge is 0.508 e. The van der Waals surface area contributed by atoms with Gasteiger partial charge in [-0.05, 0) is 25.1 Å². The predicted octanol–water partition coefficient (Wildman–Crippen LogP) is 0.625. The molecule has 0 heterocycles. The van der Waals surface area contributed by atoms with Crippen LogP contribution in [0.2, 0.25) is 0 Å². The molecule has 17 heavy (non-hydrogen) atoms. The van der Waals surface area contributed by atoms with Crippen molar-refractivity contribution >= 4 is 5.91 Å². The first-order valence-electron chi connectivity index (χ1n) is 5.39. The lowest BCUT2D eigenvalue weighted by Crippen LogP contribution is -2.40. The number of likely N-dealkylation sites (N-methyl/N-ethyl adjacent to an activating group) is 1. The molecule has 1 unspecified atom stereocenters. The van der Waals surface area contributed by atoms with Gasteiger partial charge in [0.1, 0.15) is 11.5 Å². The first-order valence-corrected chi connectivity index (χ1v) is 5.39. The Hall–Kier alpha value is -1.75. The molecule has 5 nitrogen and oxygen atoms in total.